The van der Waals surface area contributed by atoms with Crippen LogP contribution in [0.1, 0.15) is 12.0 Å². The summed E-state index contributed by atoms with van der Waals surface area (Å²) in [5, 5.41) is 11.9. The van der Waals surface area contributed by atoms with Crippen LogP contribution in [0, 0.1) is 0 Å². The van der Waals surface area contributed by atoms with E-state index in [1.807, 2.05) is 12.1 Å². The van der Waals surface area contributed by atoms with E-state index >= 15 is 0 Å². The summed E-state index contributed by atoms with van der Waals surface area (Å²) in [7, 11) is 1.58. The van der Waals surface area contributed by atoms with Crippen molar-refractivity contribution < 1.29 is 4.74 Å². The smallest absolute Gasteiger partial charge is 0.249 e. The number of ether oxygens (including phenoxy) is 1. The van der Waals surface area contributed by atoms with Crippen LogP contribution in [-0.2, 0) is 6.42 Å². The molecule has 0 atom stereocenters. The van der Waals surface area contributed by atoms with Crippen molar-refractivity contribution in [2.24, 2.45) is 0 Å². The summed E-state index contributed by atoms with van der Waals surface area (Å²) in [6, 6.07) is 13.8. The molecule has 1 aliphatic rings. The molecule has 0 unspecified atom stereocenters. The number of rotatable bonds is 4. The zero-order chi connectivity index (χ0) is 17.9. The molecule has 7 heteroatoms. The van der Waals surface area contributed by atoms with E-state index in [0.29, 0.717) is 16.7 Å². The molecule has 0 spiro atoms. The highest BCUT2D eigenvalue weighted by atomic mass is 35.5. The number of benzene rings is 2. The lowest BCUT2D eigenvalue weighted by molar-refractivity contribution is 0.415. The van der Waals surface area contributed by atoms with Crippen LogP contribution in [0.15, 0.2) is 48.7 Å². The number of aryl methyl sites for hydroxylation is 1. The molecule has 1 aliphatic heterocycles. The first kappa shape index (κ1) is 16.6. The zero-order valence-electron chi connectivity index (χ0n) is 14.3. The molecule has 2 aromatic carbocycles. The minimum Gasteiger partial charge on any atom is -0.495 e. The molecule has 0 radical (unpaired) electrons. The summed E-state index contributed by atoms with van der Waals surface area (Å²) in [6.45, 7) is 0.906. The van der Waals surface area contributed by atoms with Crippen molar-refractivity contribution in [3.63, 3.8) is 0 Å². The van der Waals surface area contributed by atoms with Crippen LogP contribution in [0.5, 0.6) is 5.75 Å². The van der Waals surface area contributed by atoms with Gasteiger partial charge in [0.05, 0.1) is 18.3 Å². The van der Waals surface area contributed by atoms with Gasteiger partial charge in [0, 0.05) is 17.9 Å². The highest BCUT2D eigenvalue weighted by Gasteiger charge is 2.19. The van der Waals surface area contributed by atoms with E-state index in [0.717, 1.165) is 30.9 Å². The molecular formula is C19H18ClN5O. The first-order valence-electron chi connectivity index (χ1n) is 8.40. The normalized spacial score (nSPS) is 13.2. The van der Waals surface area contributed by atoms with Gasteiger partial charge in [-0.25, -0.2) is 0 Å². The molecule has 0 amide bonds. The van der Waals surface area contributed by atoms with E-state index in [-0.39, 0.29) is 0 Å². The van der Waals surface area contributed by atoms with Gasteiger partial charge in [0.15, 0.2) is 5.82 Å². The Morgan fingerprint density at radius 2 is 2.08 bits per heavy atom. The topological polar surface area (TPSA) is 63.2 Å². The van der Waals surface area contributed by atoms with Crippen molar-refractivity contribution in [1.29, 1.82) is 0 Å². The monoisotopic (exact) mass is 367 g/mol. The molecule has 4 rings (SSSR count). The van der Waals surface area contributed by atoms with Crippen LogP contribution in [0.25, 0.3) is 0 Å². The van der Waals surface area contributed by atoms with Crippen molar-refractivity contribution in [2.75, 3.05) is 23.9 Å². The number of fused-ring (bicyclic) bond motifs is 1. The molecule has 0 bridgehead atoms. The summed E-state index contributed by atoms with van der Waals surface area (Å²) in [5.74, 6) is 1.82. The van der Waals surface area contributed by atoms with Gasteiger partial charge in [0.1, 0.15) is 5.75 Å². The fraction of sp³-hybridized carbons (Fsp3) is 0.211. The quantitative estimate of drug-likeness (QED) is 0.739. The van der Waals surface area contributed by atoms with Crippen LogP contribution < -0.4 is 15.0 Å². The Hall–Kier alpha value is -2.86. The highest BCUT2D eigenvalue weighted by molar-refractivity contribution is 6.32. The van der Waals surface area contributed by atoms with Gasteiger partial charge in [-0.3, -0.25) is 0 Å². The largest absolute Gasteiger partial charge is 0.495 e. The maximum absolute atomic E-state index is 6.18. The SMILES string of the molecule is COc1ccc(Nc2nncc(N3CCCc4ccccc43)n2)cc1Cl. The van der Waals surface area contributed by atoms with Gasteiger partial charge in [0.25, 0.3) is 0 Å². The molecule has 132 valence electrons. The van der Waals surface area contributed by atoms with Crippen molar-refractivity contribution in [2.45, 2.75) is 12.8 Å². The van der Waals surface area contributed by atoms with Crippen molar-refractivity contribution in [1.82, 2.24) is 15.2 Å². The number of anilines is 4. The Balaban J connectivity index is 1.61. The van der Waals surface area contributed by atoms with E-state index < -0.39 is 0 Å². The predicted molar refractivity (Wildman–Crippen MR) is 103 cm³/mol. The zero-order valence-corrected chi connectivity index (χ0v) is 15.1. The van der Waals surface area contributed by atoms with E-state index in [1.165, 1.54) is 11.3 Å². The first-order valence-corrected chi connectivity index (χ1v) is 8.78. The number of hydrogen-bond acceptors (Lipinski definition) is 6. The maximum Gasteiger partial charge on any atom is 0.249 e. The summed E-state index contributed by atoms with van der Waals surface area (Å²) >= 11 is 6.18. The van der Waals surface area contributed by atoms with Crippen molar-refractivity contribution >= 4 is 34.7 Å². The third-order valence-electron chi connectivity index (χ3n) is 4.34. The minimum atomic E-state index is 0.423. The maximum atomic E-state index is 6.18. The lowest BCUT2D eigenvalue weighted by Gasteiger charge is -2.30. The van der Waals surface area contributed by atoms with Crippen LogP contribution >= 0.6 is 11.6 Å². The number of para-hydroxylation sites is 1. The highest BCUT2D eigenvalue weighted by Crippen LogP contribution is 2.32. The number of hydrogen-bond donors (Lipinski definition) is 1. The van der Waals surface area contributed by atoms with Crippen LogP contribution in [0.3, 0.4) is 0 Å². The predicted octanol–water partition coefficient (Wildman–Crippen LogP) is 4.36. The molecular weight excluding hydrogens is 350 g/mol. The van der Waals surface area contributed by atoms with Gasteiger partial charge in [-0.1, -0.05) is 29.8 Å². The lowest BCUT2D eigenvalue weighted by atomic mass is 10.0. The Morgan fingerprint density at radius 3 is 2.92 bits per heavy atom. The van der Waals surface area contributed by atoms with Crippen LogP contribution in [0.2, 0.25) is 5.02 Å². The molecule has 0 saturated carbocycles. The second-order valence-corrected chi connectivity index (χ2v) is 6.40. The fourth-order valence-corrected chi connectivity index (χ4v) is 3.38. The number of methoxy groups -OCH3 is 1. The molecule has 0 fully saturated rings. The molecule has 26 heavy (non-hydrogen) atoms. The van der Waals surface area contributed by atoms with Crippen molar-refractivity contribution in [3.8, 4) is 5.75 Å². The molecule has 0 saturated heterocycles. The Kier molecular flexibility index (Phi) is 4.58. The van der Waals surface area contributed by atoms with E-state index in [2.05, 4.69) is 43.6 Å². The molecule has 1 N–H and O–H groups in total. The number of nitrogens with zero attached hydrogens (tertiary/aromatic N) is 4. The summed E-state index contributed by atoms with van der Waals surface area (Å²) in [4.78, 5) is 6.81. The van der Waals surface area contributed by atoms with Gasteiger partial charge >= 0.3 is 0 Å². The number of halogens is 1. The van der Waals surface area contributed by atoms with E-state index in [9.17, 15) is 0 Å². The number of nitrogens with one attached hydrogen (secondary N) is 1. The first-order chi connectivity index (χ1) is 12.7. The van der Waals surface area contributed by atoms with Crippen LogP contribution in [0.4, 0.5) is 23.1 Å². The molecule has 6 nitrogen and oxygen atoms in total. The molecule has 3 aromatic rings. The molecule has 2 heterocycles. The molecule has 1 aromatic heterocycles. The average molecular weight is 368 g/mol. The summed E-state index contributed by atoms with van der Waals surface area (Å²) in [5.41, 5.74) is 3.28. The third-order valence-corrected chi connectivity index (χ3v) is 4.64. The van der Waals surface area contributed by atoms with E-state index in [4.69, 9.17) is 16.3 Å². The Bertz CT molecular complexity index is 933. The standard InChI is InChI=1S/C19H18ClN5O/c1-26-17-9-8-14(11-15(17)20)22-19-23-18(12-21-24-19)25-10-4-6-13-5-2-3-7-16(13)25/h2-3,5,7-9,11-12H,4,6,10H2,1H3,(H,22,23,24). The second-order valence-electron chi connectivity index (χ2n) is 6.00. The van der Waals surface area contributed by atoms with Crippen LogP contribution in [-0.4, -0.2) is 28.8 Å². The van der Waals surface area contributed by atoms with E-state index in [1.54, 1.807) is 25.4 Å². The van der Waals surface area contributed by atoms with Gasteiger partial charge < -0.3 is 15.0 Å². The Morgan fingerprint density at radius 1 is 1.19 bits per heavy atom. The van der Waals surface area contributed by atoms with Gasteiger partial charge in [-0.2, -0.15) is 10.1 Å². The van der Waals surface area contributed by atoms with Crippen molar-refractivity contribution in [3.05, 3.63) is 59.2 Å². The van der Waals surface area contributed by atoms with Gasteiger partial charge in [-0.15, -0.1) is 5.10 Å². The third kappa shape index (κ3) is 3.28. The average Bonchev–Trinajstić information content (AvgIpc) is 2.68. The lowest BCUT2D eigenvalue weighted by Crippen LogP contribution is -2.25. The molecule has 0 aliphatic carbocycles. The fourth-order valence-electron chi connectivity index (χ4n) is 3.12. The Labute approximate surface area is 156 Å². The summed E-state index contributed by atoms with van der Waals surface area (Å²) < 4.78 is 5.17. The summed E-state index contributed by atoms with van der Waals surface area (Å²) in [6.07, 6.45) is 3.85. The van der Waals surface area contributed by atoms with Gasteiger partial charge in [-0.05, 0) is 42.7 Å². The minimum absolute atomic E-state index is 0.423. The number of aromatic nitrogens is 3. The second kappa shape index (κ2) is 7.17. The van der Waals surface area contributed by atoms with Gasteiger partial charge in [0.2, 0.25) is 5.95 Å².